The van der Waals surface area contributed by atoms with Crippen molar-refractivity contribution in [2.75, 3.05) is 0 Å². The molecule has 6 nitrogen and oxygen atoms in total. The van der Waals surface area contributed by atoms with Crippen LogP contribution in [0.4, 0.5) is 5.69 Å². The highest BCUT2D eigenvalue weighted by Crippen LogP contribution is 2.15. The van der Waals surface area contributed by atoms with Gasteiger partial charge in [-0.2, -0.15) is 5.10 Å². The Morgan fingerprint density at radius 2 is 2.28 bits per heavy atom. The molecule has 0 aliphatic heterocycles. The lowest BCUT2D eigenvalue weighted by atomic mass is 10.3. The van der Waals surface area contributed by atoms with Gasteiger partial charge in [-0.1, -0.05) is 6.07 Å². The lowest BCUT2D eigenvalue weighted by Crippen LogP contribution is -1.93. The predicted molar refractivity (Wildman–Crippen MR) is 66.8 cm³/mol. The first-order chi connectivity index (χ1) is 8.72. The van der Waals surface area contributed by atoms with Gasteiger partial charge in [0.15, 0.2) is 11.5 Å². The van der Waals surface area contributed by atoms with Crippen LogP contribution in [-0.2, 0) is 6.42 Å². The summed E-state index contributed by atoms with van der Waals surface area (Å²) in [4.78, 5) is 15.7. The molecule has 0 saturated carbocycles. The summed E-state index contributed by atoms with van der Waals surface area (Å²) >= 11 is 1.64. The van der Waals surface area contributed by atoms with Crippen LogP contribution >= 0.6 is 11.3 Å². The van der Waals surface area contributed by atoms with E-state index in [0.717, 1.165) is 0 Å². The van der Waals surface area contributed by atoms with Crippen molar-refractivity contribution >= 4 is 22.7 Å². The minimum atomic E-state index is -0.444. The molecule has 0 aliphatic carbocycles. The van der Waals surface area contributed by atoms with Gasteiger partial charge in [0.05, 0.1) is 4.92 Å². The van der Waals surface area contributed by atoms with E-state index in [1.807, 2.05) is 17.5 Å². The quantitative estimate of drug-likeness (QED) is 0.535. The zero-order valence-electron chi connectivity index (χ0n) is 9.18. The fourth-order valence-corrected chi connectivity index (χ4v) is 2.37. The van der Waals surface area contributed by atoms with Crippen LogP contribution in [0.2, 0.25) is 0 Å². The summed E-state index contributed by atoms with van der Waals surface area (Å²) in [6, 6.07) is 7.02. The van der Waals surface area contributed by atoms with Crippen LogP contribution in [0.15, 0.2) is 35.8 Å². The van der Waals surface area contributed by atoms with Crippen LogP contribution < -0.4 is 0 Å². The normalized spacial score (nSPS) is 10.9. The topological polar surface area (TPSA) is 73.3 Å². The standard InChI is InChI=1S/C11H8N4O2S/c16-15(17)8-3-4-11-12-10(13-14(11)7-8)6-9-2-1-5-18-9/h1-5,7H,6H2. The molecule has 0 unspecified atom stereocenters. The number of fused-ring (bicyclic) bond motifs is 1. The largest absolute Gasteiger partial charge is 0.287 e. The van der Waals surface area contributed by atoms with Crippen molar-refractivity contribution in [2.24, 2.45) is 0 Å². The van der Waals surface area contributed by atoms with E-state index in [1.165, 1.54) is 21.7 Å². The predicted octanol–water partition coefficient (Wildman–Crippen LogP) is 2.29. The van der Waals surface area contributed by atoms with Gasteiger partial charge in [-0.05, 0) is 17.5 Å². The van der Waals surface area contributed by atoms with Crippen molar-refractivity contribution in [1.29, 1.82) is 0 Å². The number of pyridine rings is 1. The molecule has 0 aromatic carbocycles. The minimum Gasteiger partial charge on any atom is -0.258 e. The minimum absolute atomic E-state index is 0.00933. The summed E-state index contributed by atoms with van der Waals surface area (Å²) < 4.78 is 1.45. The number of rotatable bonds is 3. The maximum absolute atomic E-state index is 10.7. The van der Waals surface area contributed by atoms with Crippen molar-refractivity contribution in [3.63, 3.8) is 0 Å². The Morgan fingerprint density at radius 3 is 3.00 bits per heavy atom. The van der Waals surface area contributed by atoms with E-state index in [4.69, 9.17) is 0 Å². The molecule has 0 fully saturated rings. The molecule has 3 rings (SSSR count). The molecule has 0 atom stereocenters. The summed E-state index contributed by atoms with van der Waals surface area (Å²) in [5.74, 6) is 0.665. The fraction of sp³-hybridized carbons (Fsp3) is 0.0909. The Hall–Kier alpha value is -2.28. The molecule has 0 amide bonds. The molecule has 0 aliphatic rings. The highest BCUT2D eigenvalue weighted by molar-refractivity contribution is 7.09. The Balaban J connectivity index is 1.98. The van der Waals surface area contributed by atoms with Crippen LogP contribution in [0.3, 0.4) is 0 Å². The molecule has 3 heterocycles. The van der Waals surface area contributed by atoms with E-state index in [9.17, 15) is 10.1 Å². The van der Waals surface area contributed by atoms with Crippen LogP contribution in [-0.4, -0.2) is 19.5 Å². The first-order valence-electron chi connectivity index (χ1n) is 5.24. The number of nitrogens with zero attached hydrogens (tertiary/aromatic N) is 4. The molecule has 3 aromatic rings. The van der Waals surface area contributed by atoms with Gasteiger partial charge in [-0.3, -0.25) is 10.1 Å². The lowest BCUT2D eigenvalue weighted by Gasteiger charge is -1.91. The maximum atomic E-state index is 10.7. The molecule has 7 heteroatoms. The molecular weight excluding hydrogens is 252 g/mol. The van der Waals surface area contributed by atoms with E-state index in [1.54, 1.807) is 17.4 Å². The molecule has 0 saturated heterocycles. The lowest BCUT2D eigenvalue weighted by molar-refractivity contribution is -0.385. The Morgan fingerprint density at radius 1 is 1.39 bits per heavy atom. The average Bonchev–Trinajstić information content (AvgIpc) is 2.96. The van der Waals surface area contributed by atoms with Gasteiger partial charge >= 0.3 is 0 Å². The Kier molecular flexibility index (Phi) is 2.52. The second-order valence-electron chi connectivity index (χ2n) is 3.73. The molecule has 0 spiro atoms. The van der Waals surface area contributed by atoms with E-state index < -0.39 is 4.92 Å². The average molecular weight is 260 g/mol. The molecule has 18 heavy (non-hydrogen) atoms. The summed E-state index contributed by atoms with van der Waals surface area (Å²) in [6.45, 7) is 0. The van der Waals surface area contributed by atoms with E-state index >= 15 is 0 Å². The van der Waals surface area contributed by atoms with Crippen LogP contribution in [0.25, 0.3) is 5.65 Å². The zero-order valence-corrected chi connectivity index (χ0v) is 10.0. The number of hydrogen-bond donors (Lipinski definition) is 0. The molecule has 0 radical (unpaired) electrons. The molecule has 3 aromatic heterocycles. The van der Waals surface area contributed by atoms with Crippen LogP contribution in [0, 0.1) is 10.1 Å². The van der Waals surface area contributed by atoms with Gasteiger partial charge in [-0.15, -0.1) is 11.3 Å². The number of aromatic nitrogens is 3. The second-order valence-corrected chi connectivity index (χ2v) is 4.76. The van der Waals surface area contributed by atoms with Gasteiger partial charge in [-0.25, -0.2) is 9.50 Å². The van der Waals surface area contributed by atoms with E-state index in [-0.39, 0.29) is 5.69 Å². The van der Waals surface area contributed by atoms with Gasteiger partial charge < -0.3 is 0 Å². The number of thiophene rings is 1. The third kappa shape index (κ3) is 1.95. The number of nitro groups is 1. The monoisotopic (exact) mass is 260 g/mol. The molecule has 90 valence electrons. The smallest absolute Gasteiger partial charge is 0.258 e. The van der Waals surface area contributed by atoms with Crippen molar-refractivity contribution < 1.29 is 4.92 Å². The SMILES string of the molecule is O=[N+]([O-])c1ccc2nc(Cc3cccs3)nn2c1. The van der Waals surface area contributed by atoms with Crippen LogP contribution in [0.5, 0.6) is 0 Å². The summed E-state index contributed by atoms with van der Waals surface area (Å²) in [5.41, 5.74) is 0.627. The molecule has 0 bridgehead atoms. The van der Waals surface area contributed by atoms with Gasteiger partial charge in [0, 0.05) is 17.4 Å². The first kappa shape index (κ1) is 10.8. The van der Waals surface area contributed by atoms with Gasteiger partial charge in [0.25, 0.3) is 5.69 Å². The van der Waals surface area contributed by atoms with Crippen LogP contribution in [0.1, 0.15) is 10.7 Å². The number of hydrogen-bond acceptors (Lipinski definition) is 5. The Bertz CT molecular complexity index is 705. The van der Waals surface area contributed by atoms with Crippen molar-refractivity contribution in [3.05, 3.63) is 56.7 Å². The zero-order chi connectivity index (χ0) is 12.5. The fourth-order valence-electron chi connectivity index (χ4n) is 1.67. The third-order valence-electron chi connectivity index (χ3n) is 2.48. The van der Waals surface area contributed by atoms with E-state index in [2.05, 4.69) is 10.1 Å². The highest BCUT2D eigenvalue weighted by Gasteiger charge is 2.10. The van der Waals surface area contributed by atoms with Crippen molar-refractivity contribution in [2.45, 2.75) is 6.42 Å². The summed E-state index contributed by atoms with van der Waals surface area (Å²) in [7, 11) is 0. The maximum Gasteiger partial charge on any atom is 0.287 e. The third-order valence-corrected chi connectivity index (χ3v) is 3.36. The Labute approximate surface area is 106 Å². The highest BCUT2D eigenvalue weighted by atomic mass is 32.1. The summed E-state index contributed by atoms with van der Waals surface area (Å²) in [6.07, 6.45) is 2.02. The van der Waals surface area contributed by atoms with Gasteiger partial charge in [0.2, 0.25) is 0 Å². The van der Waals surface area contributed by atoms with E-state index in [0.29, 0.717) is 17.9 Å². The molecular formula is C11H8N4O2S. The second kappa shape index (κ2) is 4.19. The molecule has 0 N–H and O–H groups in total. The van der Waals surface area contributed by atoms with Gasteiger partial charge in [0.1, 0.15) is 6.20 Å². The van der Waals surface area contributed by atoms with Crippen molar-refractivity contribution in [3.8, 4) is 0 Å². The summed E-state index contributed by atoms with van der Waals surface area (Å²) in [5, 5.41) is 16.9. The first-order valence-corrected chi connectivity index (χ1v) is 6.12. The van der Waals surface area contributed by atoms with Crippen molar-refractivity contribution in [1.82, 2.24) is 14.6 Å².